The van der Waals surface area contributed by atoms with Gasteiger partial charge in [0.05, 0.1) is 6.54 Å². The van der Waals surface area contributed by atoms with Crippen LogP contribution < -0.4 is 5.32 Å². The van der Waals surface area contributed by atoms with Crippen LogP contribution in [0.4, 0.5) is 0 Å². The summed E-state index contributed by atoms with van der Waals surface area (Å²) in [6, 6.07) is 6.79. The summed E-state index contributed by atoms with van der Waals surface area (Å²) in [5, 5.41) is 3.43. The number of likely N-dealkylation sites (tertiary alicyclic amines) is 1. The van der Waals surface area contributed by atoms with Crippen molar-refractivity contribution in [3.05, 3.63) is 33.8 Å². The molecule has 1 atom stereocenters. The molecule has 3 rings (SSSR count). The number of nitrogens with zero attached hydrogens (tertiary/aromatic N) is 1. The Balaban J connectivity index is 1.59. The fourth-order valence-electron chi connectivity index (χ4n) is 3.09. The Kier molecular flexibility index (Phi) is 3.89. The van der Waals surface area contributed by atoms with Gasteiger partial charge >= 0.3 is 0 Å². The van der Waals surface area contributed by atoms with Crippen LogP contribution in [0.3, 0.4) is 0 Å². The summed E-state index contributed by atoms with van der Waals surface area (Å²) < 4.78 is 1.14. The lowest BCUT2D eigenvalue weighted by Crippen LogP contribution is -2.37. The van der Waals surface area contributed by atoms with Crippen molar-refractivity contribution < 1.29 is 4.79 Å². The number of benzene rings is 1. The third kappa shape index (κ3) is 2.84. The van der Waals surface area contributed by atoms with Crippen LogP contribution in [-0.4, -0.2) is 30.4 Å². The summed E-state index contributed by atoms with van der Waals surface area (Å²) in [5.74, 6) is 0.253. The Hall–Kier alpha value is -0.870. The highest BCUT2D eigenvalue weighted by molar-refractivity contribution is 9.10. The molecule has 2 aliphatic rings. The maximum atomic E-state index is 12.0. The van der Waals surface area contributed by atoms with Gasteiger partial charge in [-0.05, 0) is 48.9 Å². The minimum Gasteiger partial charge on any atom is -0.342 e. The Bertz CT molecular complexity index is 483. The van der Waals surface area contributed by atoms with Crippen molar-refractivity contribution in [1.29, 1.82) is 0 Å². The van der Waals surface area contributed by atoms with Gasteiger partial charge in [-0.25, -0.2) is 0 Å². The molecule has 1 saturated heterocycles. The van der Waals surface area contributed by atoms with Gasteiger partial charge in [0.1, 0.15) is 0 Å². The van der Waals surface area contributed by atoms with Gasteiger partial charge in [-0.2, -0.15) is 0 Å². The van der Waals surface area contributed by atoms with Gasteiger partial charge < -0.3 is 10.2 Å². The molecule has 0 spiro atoms. The van der Waals surface area contributed by atoms with E-state index in [1.165, 1.54) is 11.1 Å². The molecule has 0 radical (unpaired) electrons. The molecule has 4 heteroatoms. The van der Waals surface area contributed by atoms with Crippen molar-refractivity contribution in [3.63, 3.8) is 0 Å². The van der Waals surface area contributed by atoms with Gasteiger partial charge in [0.15, 0.2) is 0 Å². The van der Waals surface area contributed by atoms with Crippen molar-refractivity contribution in [3.8, 4) is 0 Å². The fraction of sp³-hybridized carbons (Fsp3) is 0.533. The smallest absolute Gasteiger partial charge is 0.236 e. The molecule has 1 unspecified atom stereocenters. The first-order chi connectivity index (χ1) is 9.24. The SMILES string of the molecule is O=C(CNC1CCc2cc(Br)ccc21)N1CCCC1. The molecule has 0 aromatic heterocycles. The molecule has 3 nitrogen and oxygen atoms in total. The largest absolute Gasteiger partial charge is 0.342 e. The van der Waals surface area contributed by atoms with E-state index >= 15 is 0 Å². The Morgan fingerprint density at radius 3 is 2.95 bits per heavy atom. The van der Waals surface area contributed by atoms with Crippen LogP contribution in [-0.2, 0) is 11.2 Å². The summed E-state index contributed by atoms with van der Waals surface area (Å²) in [7, 11) is 0. The molecule has 1 N–H and O–H groups in total. The Morgan fingerprint density at radius 1 is 1.37 bits per heavy atom. The number of aryl methyl sites for hydroxylation is 1. The average Bonchev–Trinajstić information content (AvgIpc) is 3.05. The zero-order valence-electron chi connectivity index (χ0n) is 11.0. The Labute approximate surface area is 122 Å². The maximum absolute atomic E-state index is 12.0. The number of carbonyl (C=O) groups excluding carboxylic acids is 1. The Morgan fingerprint density at radius 2 is 2.16 bits per heavy atom. The summed E-state index contributed by atoms with van der Waals surface area (Å²) in [6.45, 7) is 2.35. The van der Waals surface area contributed by atoms with Gasteiger partial charge in [-0.1, -0.05) is 22.0 Å². The molecular weight excluding hydrogens is 304 g/mol. The number of hydrogen-bond donors (Lipinski definition) is 1. The van der Waals surface area contributed by atoms with E-state index in [-0.39, 0.29) is 5.91 Å². The summed E-state index contributed by atoms with van der Waals surface area (Å²) >= 11 is 3.51. The van der Waals surface area contributed by atoms with E-state index in [2.05, 4.69) is 39.4 Å². The molecule has 1 fully saturated rings. The van der Waals surface area contributed by atoms with E-state index in [0.29, 0.717) is 12.6 Å². The molecular formula is C15H19BrN2O. The second-order valence-electron chi connectivity index (χ2n) is 5.40. The lowest BCUT2D eigenvalue weighted by Gasteiger charge is -2.18. The first-order valence-electron chi connectivity index (χ1n) is 7.03. The normalized spacial score (nSPS) is 21.7. The monoisotopic (exact) mass is 322 g/mol. The van der Waals surface area contributed by atoms with E-state index in [1.54, 1.807) is 0 Å². The third-order valence-corrected chi connectivity index (χ3v) is 4.63. The van der Waals surface area contributed by atoms with Crippen LogP contribution in [0.5, 0.6) is 0 Å². The predicted molar refractivity (Wildman–Crippen MR) is 79.0 cm³/mol. The topological polar surface area (TPSA) is 32.3 Å². The van der Waals surface area contributed by atoms with Crippen LogP contribution in [0, 0.1) is 0 Å². The minimum absolute atomic E-state index is 0.253. The highest BCUT2D eigenvalue weighted by Gasteiger charge is 2.24. The molecule has 1 aliphatic heterocycles. The molecule has 1 heterocycles. The summed E-state index contributed by atoms with van der Waals surface area (Å²) in [6.07, 6.45) is 4.52. The van der Waals surface area contributed by atoms with Gasteiger partial charge in [0.25, 0.3) is 0 Å². The highest BCUT2D eigenvalue weighted by atomic mass is 79.9. The van der Waals surface area contributed by atoms with E-state index in [0.717, 1.165) is 43.2 Å². The van der Waals surface area contributed by atoms with Crippen molar-refractivity contribution >= 4 is 21.8 Å². The second-order valence-corrected chi connectivity index (χ2v) is 6.32. The fourth-order valence-corrected chi connectivity index (χ4v) is 3.50. The molecule has 1 aromatic rings. The van der Waals surface area contributed by atoms with E-state index < -0.39 is 0 Å². The van der Waals surface area contributed by atoms with Gasteiger partial charge in [0.2, 0.25) is 5.91 Å². The van der Waals surface area contributed by atoms with Gasteiger partial charge in [0, 0.05) is 23.6 Å². The zero-order valence-corrected chi connectivity index (χ0v) is 12.6. The van der Waals surface area contributed by atoms with E-state index in [9.17, 15) is 4.79 Å². The van der Waals surface area contributed by atoms with Crippen LogP contribution in [0.15, 0.2) is 22.7 Å². The summed E-state index contributed by atoms with van der Waals surface area (Å²) in [4.78, 5) is 14.0. The second kappa shape index (κ2) is 5.63. The first kappa shape index (κ1) is 13.1. The molecule has 1 amide bonds. The quantitative estimate of drug-likeness (QED) is 0.927. The number of nitrogens with one attached hydrogen (secondary N) is 1. The van der Waals surface area contributed by atoms with E-state index in [1.807, 2.05) is 4.90 Å². The number of amides is 1. The van der Waals surface area contributed by atoms with Crippen LogP contribution in [0.1, 0.15) is 36.4 Å². The van der Waals surface area contributed by atoms with Crippen LogP contribution >= 0.6 is 15.9 Å². The zero-order chi connectivity index (χ0) is 13.2. The average molecular weight is 323 g/mol. The van der Waals surface area contributed by atoms with Crippen molar-refractivity contribution in [2.75, 3.05) is 19.6 Å². The minimum atomic E-state index is 0.253. The lowest BCUT2D eigenvalue weighted by atomic mass is 10.1. The molecule has 19 heavy (non-hydrogen) atoms. The molecule has 1 aliphatic carbocycles. The number of carbonyl (C=O) groups is 1. The number of fused-ring (bicyclic) bond motifs is 1. The molecule has 102 valence electrons. The van der Waals surface area contributed by atoms with Crippen molar-refractivity contribution in [2.24, 2.45) is 0 Å². The highest BCUT2D eigenvalue weighted by Crippen LogP contribution is 2.32. The predicted octanol–water partition coefficient (Wildman–Crippen LogP) is 2.65. The van der Waals surface area contributed by atoms with Crippen molar-refractivity contribution in [1.82, 2.24) is 10.2 Å². The maximum Gasteiger partial charge on any atom is 0.236 e. The lowest BCUT2D eigenvalue weighted by molar-refractivity contribution is -0.129. The standard InChI is InChI=1S/C15H19BrN2O/c16-12-4-5-13-11(9-12)3-6-14(13)17-10-15(19)18-7-1-2-8-18/h4-5,9,14,17H,1-3,6-8,10H2. The number of rotatable bonds is 3. The van der Waals surface area contributed by atoms with Crippen LogP contribution in [0.25, 0.3) is 0 Å². The summed E-state index contributed by atoms with van der Waals surface area (Å²) in [5.41, 5.74) is 2.76. The van der Waals surface area contributed by atoms with E-state index in [4.69, 9.17) is 0 Å². The number of halogens is 1. The third-order valence-electron chi connectivity index (χ3n) is 4.14. The van der Waals surface area contributed by atoms with Crippen molar-refractivity contribution in [2.45, 2.75) is 31.7 Å². The first-order valence-corrected chi connectivity index (χ1v) is 7.83. The number of hydrogen-bond acceptors (Lipinski definition) is 2. The van der Waals surface area contributed by atoms with Gasteiger partial charge in [-0.15, -0.1) is 0 Å². The molecule has 0 saturated carbocycles. The molecule has 1 aromatic carbocycles. The molecule has 0 bridgehead atoms. The van der Waals surface area contributed by atoms with Gasteiger partial charge in [-0.3, -0.25) is 4.79 Å². The van der Waals surface area contributed by atoms with Crippen LogP contribution in [0.2, 0.25) is 0 Å².